The maximum atomic E-state index is 11.6. The number of aryl methyl sites for hydroxylation is 1. The van der Waals surface area contributed by atoms with Gasteiger partial charge in [-0.1, -0.05) is 12.1 Å². The molecule has 2 heterocycles. The minimum Gasteiger partial charge on any atom is -0.366 e. The highest BCUT2D eigenvalue weighted by Gasteiger charge is 2.31. The molecule has 106 valence electrons. The third-order valence-corrected chi connectivity index (χ3v) is 4.40. The van der Waals surface area contributed by atoms with Crippen LogP contribution in [-0.4, -0.2) is 28.8 Å². The van der Waals surface area contributed by atoms with Crippen LogP contribution in [0.25, 0.3) is 10.9 Å². The van der Waals surface area contributed by atoms with Gasteiger partial charge >= 0.3 is 0 Å². The highest BCUT2D eigenvalue weighted by atomic mass is 16.1. The van der Waals surface area contributed by atoms with E-state index in [9.17, 15) is 4.79 Å². The lowest BCUT2D eigenvalue weighted by atomic mass is 9.90. The van der Waals surface area contributed by atoms with Gasteiger partial charge in [-0.25, -0.2) is 0 Å². The normalized spacial score (nSPS) is 18.3. The maximum absolute atomic E-state index is 11.6. The Balaban J connectivity index is 2.20. The summed E-state index contributed by atoms with van der Waals surface area (Å²) in [5.41, 5.74) is 7.78. The number of hydrogen-bond acceptors (Lipinski definition) is 3. The summed E-state index contributed by atoms with van der Waals surface area (Å²) in [4.78, 5) is 11.6. The molecular weight excluding hydrogens is 252 g/mol. The molecule has 5 heteroatoms. The molecule has 0 bridgehead atoms. The zero-order valence-electron chi connectivity index (χ0n) is 11.9. The SMILES string of the molecule is Cc1c2cccc(C(N)=O)c2nn1C1(C)CCNCC1. The summed E-state index contributed by atoms with van der Waals surface area (Å²) in [7, 11) is 0. The molecule has 1 aliphatic heterocycles. The summed E-state index contributed by atoms with van der Waals surface area (Å²) in [5.74, 6) is -0.421. The number of piperidine rings is 1. The molecule has 5 nitrogen and oxygen atoms in total. The minimum absolute atomic E-state index is 0.00324. The first-order valence-corrected chi connectivity index (χ1v) is 7.02. The van der Waals surface area contributed by atoms with Gasteiger partial charge in [0.1, 0.15) is 5.52 Å². The Kier molecular flexibility index (Phi) is 3.01. The Labute approximate surface area is 118 Å². The van der Waals surface area contributed by atoms with Gasteiger partial charge in [-0.05, 0) is 45.8 Å². The van der Waals surface area contributed by atoms with Crippen molar-refractivity contribution in [3.05, 3.63) is 29.5 Å². The van der Waals surface area contributed by atoms with E-state index in [0.29, 0.717) is 5.56 Å². The molecule has 2 aromatic rings. The van der Waals surface area contributed by atoms with E-state index >= 15 is 0 Å². The second-order valence-electron chi connectivity index (χ2n) is 5.81. The van der Waals surface area contributed by atoms with Gasteiger partial charge in [0.2, 0.25) is 0 Å². The summed E-state index contributed by atoms with van der Waals surface area (Å²) in [6.07, 6.45) is 2.07. The molecule has 0 atom stereocenters. The summed E-state index contributed by atoms with van der Waals surface area (Å²) < 4.78 is 2.09. The molecule has 1 amide bonds. The van der Waals surface area contributed by atoms with Crippen LogP contribution in [0.5, 0.6) is 0 Å². The molecule has 1 aliphatic rings. The zero-order chi connectivity index (χ0) is 14.3. The molecule has 0 saturated carbocycles. The van der Waals surface area contributed by atoms with Crippen molar-refractivity contribution in [3.8, 4) is 0 Å². The first-order valence-electron chi connectivity index (χ1n) is 7.02. The maximum Gasteiger partial charge on any atom is 0.250 e. The van der Waals surface area contributed by atoms with Crippen molar-refractivity contribution in [1.29, 1.82) is 0 Å². The number of nitrogens with one attached hydrogen (secondary N) is 1. The fourth-order valence-electron chi connectivity index (χ4n) is 3.13. The van der Waals surface area contributed by atoms with Crippen molar-refractivity contribution in [2.45, 2.75) is 32.2 Å². The van der Waals surface area contributed by atoms with Gasteiger partial charge in [-0.2, -0.15) is 5.10 Å². The van der Waals surface area contributed by atoms with Crippen LogP contribution < -0.4 is 11.1 Å². The van der Waals surface area contributed by atoms with Crippen molar-refractivity contribution in [2.24, 2.45) is 5.73 Å². The second kappa shape index (κ2) is 4.59. The Bertz CT molecular complexity index is 668. The van der Waals surface area contributed by atoms with E-state index in [4.69, 9.17) is 10.8 Å². The number of rotatable bonds is 2. The standard InChI is InChI=1S/C15H20N4O/c1-10-11-4-3-5-12(14(16)20)13(11)18-19(10)15(2)6-8-17-9-7-15/h3-5,17H,6-9H2,1-2H3,(H2,16,20). The van der Waals surface area contributed by atoms with Gasteiger partial charge in [0.15, 0.2) is 0 Å². The number of nitrogens with two attached hydrogens (primary N) is 1. The summed E-state index contributed by atoms with van der Waals surface area (Å²) in [6, 6.07) is 5.61. The number of fused-ring (bicyclic) bond motifs is 1. The number of aromatic nitrogens is 2. The first kappa shape index (κ1) is 13.1. The van der Waals surface area contributed by atoms with E-state index in [2.05, 4.69) is 23.8 Å². The van der Waals surface area contributed by atoms with Crippen LogP contribution in [0.4, 0.5) is 0 Å². The number of carbonyl (C=O) groups excluding carboxylic acids is 1. The monoisotopic (exact) mass is 272 g/mol. The van der Waals surface area contributed by atoms with Crippen LogP contribution in [0.1, 0.15) is 35.8 Å². The molecular formula is C15H20N4O. The van der Waals surface area contributed by atoms with E-state index in [-0.39, 0.29) is 5.54 Å². The Morgan fingerprint density at radius 1 is 1.40 bits per heavy atom. The number of hydrogen-bond donors (Lipinski definition) is 2. The molecule has 0 aliphatic carbocycles. The highest BCUT2D eigenvalue weighted by Crippen LogP contribution is 2.31. The molecule has 1 saturated heterocycles. The lowest BCUT2D eigenvalue weighted by Gasteiger charge is -2.35. The van der Waals surface area contributed by atoms with Crippen molar-refractivity contribution < 1.29 is 4.79 Å². The summed E-state index contributed by atoms with van der Waals surface area (Å²) in [6.45, 7) is 6.29. The van der Waals surface area contributed by atoms with Crippen molar-refractivity contribution in [3.63, 3.8) is 0 Å². The summed E-state index contributed by atoms with van der Waals surface area (Å²) in [5, 5.41) is 9.11. The van der Waals surface area contributed by atoms with Crippen LogP contribution in [0.15, 0.2) is 18.2 Å². The lowest BCUT2D eigenvalue weighted by Crippen LogP contribution is -2.42. The van der Waals surface area contributed by atoms with Gasteiger partial charge in [0, 0.05) is 11.1 Å². The quantitative estimate of drug-likeness (QED) is 0.871. The van der Waals surface area contributed by atoms with Crippen LogP contribution >= 0.6 is 0 Å². The average molecular weight is 272 g/mol. The number of amides is 1. The molecule has 0 radical (unpaired) electrons. The molecule has 0 unspecified atom stereocenters. The predicted octanol–water partition coefficient (Wildman–Crippen LogP) is 1.54. The van der Waals surface area contributed by atoms with Gasteiger partial charge < -0.3 is 11.1 Å². The molecule has 0 spiro atoms. The van der Waals surface area contributed by atoms with Crippen LogP contribution in [-0.2, 0) is 5.54 Å². The fourth-order valence-corrected chi connectivity index (χ4v) is 3.13. The number of nitrogens with zero attached hydrogens (tertiary/aromatic N) is 2. The number of benzene rings is 1. The third kappa shape index (κ3) is 1.89. The molecule has 1 fully saturated rings. The molecule has 1 aromatic carbocycles. The van der Waals surface area contributed by atoms with E-state index in [1.54, 1.807) is 6.07 Å². The topological polar surface area (TPSA) is 72.9 Å². The van der Waals surface area contributed by atoms with Crippen LogP contribution in [0.2, 0.25) is 0 Å². The number of primary amides is 1. The molecule has 3 N–H and O–H groups in total. The van der Waals surface area contributed by atoms with E-state index in [0.717, 1.165) is 42.5 Å². The fraction of sp³-hybridized carbons (Fsp3) is 0.467. The van der Waals surface area contributed by atoms with Crippen molar-refractivity contribution >= 4 is 16.8 Å². The van der Waals surface area contributed by atoms with E-state index in [1.165, 1.54) is 0 Å². The zero-order valence-corrected chi connectivity index (χ0v) is 11.9. The van der Waals surface area contributed by atoms with E-state index in [1.807, 2.05) is 12.1 Å². The minimum atomic E-state index is -0.421. The smallest absolute Gasteiger partial charge is 0.250 e. The van der Waals surface area contributed by atoms with Gasteiger partial charge in [-0.15, -0.1) is 0 Å². The molecule has 3 rings (SSSR count). The average Bonchev–Trinajstić information content (AvgIpc) is 2.78. The lowest BCUT2D eigenvalue weighted by molar-refractivity contribution is 0.100. The van der Waals surface area contributed by atoms with Crippen LogP contribution in [0, 0.1) is 6.92 Å². The van der Waals surface area contributed by atoms with Gasteiger partial charge in [0.05, 0.1) is 11.1 Å². The number of carbonyl (C=O) groups is 1. The third-order valence-electron chi connectivity index (χ3n) is 4.40. The van der Waals surface area contributed by atoms with Crippen molar-refractivity contribution in [1.82, 2.24) is 15.1 Å². The Morgan fingerprint density at radius 3 is 2.75 bits per heavy atom. The first-order chi connectivity index (χ1) is 9.53. The van der Waals surface area contributed by atoms with Crippen molar-refractivity contribution in [2.75, 3.05) is 13.1 Å². The largest absolute Gasteiger partial charge is 0.366 e. The van der Waals surface area contributed by atoms with E-state index < -0.39 is 5.91 Å². The Hall–Kier alpha value is -1.88. The Morgan fingerprint density at radius 2 is 2.10 bits per heavy atom. The van der Waals surface area contributed by atoms with Gasteiger partial charge in [-0.3, -0.25) is 9.48 Å². The predicted molar refractivity (Wildman–Crippen MR) is 78.7 cm³/mol. The second-order valence-corrected chi connectivity index (χ2v) is 5.81. The van der Waals surface area contributed by atoms with Gasteiger partial charge in [0.25, 0.3) is 5.91 Å². The summed E-state index contributed by atoms with van der Waals surface area (Å²) >= 11 is 0. The molecule has 20 heavy (non-hydrogen) atoms. The molecule has 1 aromatic heterocycles. The van der Waals surface area contributed by atoms with Crippen LogP contribution in [0.3, 0.4) is 0 Å². The highest BCUT2D eigenvalue weighted by molar-refractivity contribution is 6.05.